The van der Waals surface area contributed by atoms with Crippen molar-refractivity contribution in [3.8, 4) is 11.6 Å². The minimum absolute atomic E-state index is 0.112. The van der Waals surface area contributed by atoms with Crippen LogP contribution in [0.15, 0.2) is 30.6 Å². The van der Waals surface area contributed by atoms with Crippen molar-refractivity contribution in [3.05, 3.63) is 46.3 Å². The van der Waals surface area contributed by atoms with Crippen LogP contribution in [0.5, 0.6) is 11.6 Å². The van der Waals surface area contributed by atoms with Crippen LogP contribution < -0.4 is 9.64 Å². The van der Waals surface area contributed by atoms with Crippen molar-refractivity contribution in [3.63, 3.8) is 0 Å². The van der Waals surface area contributed by atoms with E-state index >= 15 is 0 Å². The third-order valence-corrected chi connectivity index (χ3v) is 6.02. The fraction of sp³-hybridized carbons (Fsp3) is 0.476. The Kier molecular flexibility index (Phi) is 5.78. The van der Waals surface area contributed by atoms with Gasteiger partial charge in [-0.15, -0.1) is 0 Å². The highest BCUT2D eigenvalue weighted by Crippen LogP contribution is 2.39. The average molecular weight is 412 g/mol. The maximum atomic E-state index is 11.8. The third kappa shape index (κ3) is 4.19. The molecule has 2 aliphatic rings. The number of ether oxygens (including phenoxy) is 1. The zero-order valence-electron chi connectivity index (χ0n) is 16.6. The first-order valence-electron chi connectivity index (χ1n) is 10.3. The van der Waals surface area contributed by atoms with Gasteiger partial charge in [-0.2, -0.15) is 4.98 Å². The van der Waals surface area contributed by atoms with E-state index in [4.69, 9.17) is 9.84 Å². The second kappa shape index (κ2) is 8.64. The highest BCUT2D eigenvalue weighted by molar-refractivity contribution is 5.71. The molecule has 0 amide bonds. The molecule has 158 valence electrons. The van der Waals surface area contributed by atoms with Gasteiger partial charge in [-0.3, -0.25) is 14.9 Å². The molecule has 0 bridgehead atoms. The second-order valence-electron chi connectivity index (χ2n) is 7.86. The molecule has 1 saturated carbocycles. The number of benzene rings is 1. The summed E-state index contributed by atoms with van der Waals surface area (Å²) in [4.78, 5) is 32.3. The molecule has 0 spiro atoms. The number of anilines is 1. The highest BCUT2D eigenvalue weighted by atomic mass is 16.6. The largest absolute Gasteiger partial charge is 0.481 e. The number of hydrogen-bond acceptors (Lipinski definition) is 7. The van der Waals surface area contributed by atoms with E-state index in [-0.39, 0.29) is 17.4 Å². The molecule has 0 unspecified atom stereocenters. The number of carboxylic acid groups (broad SMARTS) is 1. The Labute approximate surface area is 173 Å². The van der Waals surface area contributed by atoms with Crippen molar-refractivity contribution in [1.82, 2.24) is 9.97 Å². The lowest BCUT2D eigenvalue weighted by molar-refractivity contribution is -0.385. The van der Waals surface area contributed by atoms with Gasteiger partial charge >= 0.3 is 17.5 Å². The quantitative estimate of drug-likeness (QED) is 0.555. The minimum atomic E-state index is -0.836. The van der Waals surface area contributed by atoms with E-state index < -0.39 is 16.8 Å². The SMILES string of the molecule is O=C(O)C1CCN(c2ncnc(Oc3ccc(C4CCCC4)cc3)c2[N+](=O)[O-])CC1. The summed E-state index contributed by atoms with van der Waals surface area (Å²) < 4.78 is 5.77. The standard InChI is InChI=1S/C21H24N4O5/c26-21(27)16-9-11-24(12-10-16)19-18(25(28)29)20(23-13-22-19)30-17-7-5-15(6-8-17)14-3-1-2-4-14/h5-8,13-14,16H,1-4,9-12H2,(H,26,27). The molecule has 9 heteroatoms. The lowest BCUT2D eigenvalue weighted by atomic mass is 9.97. The molecule has 30 heavy (non-hydrogen) atoms. The van der Waals surface area contributed by atoms with E-state index in [1.54, 1.807) is 4.90 Å². The van der Waals surface area contributed by atoms with Crippen LogP contribution >= 0.6 is 0 Å². The van der Waals surface area contributed by atoms with Crippen LogP contribution in [0.3, 0.4) is 0 Å². The van der Waals surface area contributed by atoms with Gasteiger partial charge in [-0.1, -0.05) is 25.0 Å². The van der Waals surface area contributed by atoms with E-state index in [1.807, 2.05) is 24.3 Å². The summed E-state index contributed by atoms with van der Waals surface area (Å²) in [5.41, 5.74) is 0.963. The van der Waals surface area contributed by atoms with E-state index in [9.17, 15) is 14.9 Å². The Morgan fingerprint density at radius 1 is 1.10 bits per heavy atom. The summed E-state index contributed by atoms with van der Waals surface area (Å²) in [6.45, 7) is 0.759. The van der Waals surface area contributed by atoms with E-state index in [0.29, 0.717) is 37.6 Å². The van der Waals surface area contributed by atoms with Crippen molar-refractivity contribution in [1.29, 1.82) is 0 Å². The zero-order valence-corrected chi connectivity index (χ0v) is 16.6. The van der Waals surface area contributed by atoms with Gasteiger partial charge in [0.25, 0.3) is 0 Å². The molecule has 1 saturated heterocycles. The number of nitrogens with zero attached hydrogens (tertiary/aromatic N) is 4. The molecule has 1 aliphatic heterocycles. The van der Waals surface area contributed by atoms with Gasteiger partial charge < -0.3 is 14.7 Å². The first-order chi connectivity index (χ1) is 14.5. The van der Waals surface area contributed by atoms with Gasteiger partial charge in [0.15, 0.2) is 0 Å². The minimum Gasteiger partial charge on any atom is -0.481 e. The fourth-order valence-electron chi connectivity index (χ4n) is 4.34. The van der Waals surface area contributed by atoms with Crippen molar-refractivity contribution >= 4 is 17.5 Å². The Morgan fingerprint density at radius 3 is 2.37 bits per heavy atom. The maximum Gasteiger partial charge on any atom is 0.373 e. The Hall–Kier alpha value is -3.23. The first kappa shape index (κ1) is 20.1. The van der Waals surface area contributed by atoms with Crippen LogP contribution in [-0.2, 0) is 4.79 Å². The summed E-state index contributed by atoms with van der Waals surface area (Å²) in [6, 6.07) is 7.65. The first-order valence-corrected chi connectivity index (χ1v) is 10.3. The summed E-state index contributed by atoms with van der Waals surface area (Å²) in [5, 5.41) is 21.0. The van der Waals surface area contributed by atoms with E-state index in [0.717, 1.165) is 0 Å². The van der Waals surface area contributed by atoms with Crippen LogP contribution in [-0.4, -0.2) is 39.1 Å². The van der Waals surface area contributed by atoms with Gasteiger partial charge in [-0.05, 0) is 49.3 Å². The summed E-state index contributed by atoms with van der Waals surface area (Å²) >= 11 is 0. The van der Waals surface area contributed by atoms with Crippen LogP contribution in [0.4, 0.5) is 11.5 Å². The summed E-state index contributed by atoms with van der Waals surface area (Å²) in [5.74, 6) is -0.162. The second-order valence-corrected chi connectivity index (χ2v) is 7.86. The number of rotatable bonds is 6. The molecule has 1 aromatic heterocycles. The molecular weight excluding hydrogens is 388 g/mol. The van der Waals surface area contributed by atoms with Gasteiger partial charge in [0, 0.05) is 13.1 Å². The molecule has 4 rings (SSSR count). The lowest BCUT2D eigenvalue weighted by Gasteiger charge is -2.30. The van der Waals surface area contributed by atoms with Crippen LogP contribution in [0.25, 0.3) is 0 Å². The number of aliphatic carboxylic acids is 1. The van der Waals surface area contributed by atoms with Crippen LogP contribution in [0.2, 0.25) is 0 Å². The van der Waals surface area contributed by atoms with Gasteiger partial charge in [0.2, 0.25) is 5.82 Å². The number of piperidine rings is 1. The normalized spacial score (nSPS) is 17.8. The molecule has 1 N–H and O–H groups in total. The Morgan fingerprint density at radius 2 is 1.77 bits per heavy atom. The number of nitro groups is 1. The third-order valence-electron chi connectivity index (χ3n) is 6.02. The van der Waals surface area contributed by atoms with Gasteiger partial charge in [-0.25, -0.2) is 4.98 Å². The molecule has 2 aromatic rings. The zero-order chi connectivity index (χ0) is 21.1. The topological polar surface area (TPSA) is 119 Å². The highest BCUT2D eigenvalue weighted by Gasteiger charge is 2.32. The fourth-order valence-corrected chi connectivity index (χ4v) is 4.34. The molecule has 0 atom stereocenters. The molecule has 9 nitrogen and oxygen atoms in total. The Bertz CT molecular complexity index is 919. The Balaban J connectivity index is 1.54. The molecule has 2 fully saturated rings. The smallest absolute Gasteiger partial charge is 0.373 e. The molecule has 0 radical (unpaired) electrons. The number of carboxylic acids is 1. The predicted octanol–water partition coefficient (Wildman–Crippen LogP) is 4.14. The van der Waals surface area contributed by atoms with Crippen LogP contribution in [0, 0.1) is 16.0 Å². The average Bonchev–Trinajstić information content (AvgIpc) is 3.29. The predicted molar refractivity (Wildman–Crippen MR) is 109 cm³/mol. The lowest BCUT2D eigenvalue weighted by Crippen LogP contribution is -2.37. The molecular formula is C21H24N4O5. The number of hydrogen-bond donors (Lipinski definition) is 1. The van der Waals surface area contributed by atoms with E-state index in [2.05, 4.69) is 9.97 Å². The summed E-state index contributed by atoms with van der Waals surface area (Å²) in [6.07, 6.45) is 6.96. The maximum absolute atomic E-state index is 11.8. The molecule has 1 aliphatic carbocycles. The monoisotopic (exact) mass is 412 g/mol. The summed E-state index contributed by atoms with van der Waals surface area (Å²) in [7, 11) is 0. The number of aromatic nitrogens is 2. The van der Waals surface area contributed by atoms with Crippen LogP contribution in [0.1, 0.15) is 50.0 Å². The van der Waals surface area contributed by atoms with Gasteiger partial charge in [0.1, 0.15) is 12.1 Å². The van der Waals surface area contributed by atoms with E-state index in [1.165, 1.54) is 37.6 Å². The number of carbonyl (C=O) groups is 1. The van der Waals surface area contributed by atoms with Crippen molar-refractivity contribution in [2.45, 2.75) is 44.4 Å². The molecule has 1 aromatic carbocycles. The molecule has 2 heterocycles. The van der Waals surface area contributed by atoms with Crippen molar-refractivity contribution < 1.29 is 19.6 Å². The van der Waals surface area contributed by atoms with Crippen molar-refractivity contribution in [2.24, 2.45) is 5.92 Å². The van der Waals surface area contributed by atoms with Crippen molar-refractivity contribution in [2.75, 3.05) is 18.0 Å². The van der Waals surface area contributed by atoms with Gasteiger partial charge in [0.05, 0.1) is 10.8 Å².